The second-order valence-corrected chi connectivity index (χ2v) is 8.96. The number of thioether (sulfide) groups is 2. The molecule has 2 aromatic carbocycles. The Kier molecular flexibility index (Phi) is 14.0. The molecule has 0 saturated carbocycles. The molecule has 0 amide bonds. The molecular formula is C14H16Cl2O2S2Zr. The third-order valence-electron chi connectivity index (χ3n) is 2.14. The first kappa shape index (κ1) is 21.2. The van der Waals surface area contributed by atoms with Crippen LogP contribution in [0.3, 0.4) is 0 Å². The number of phenols is 2. The number of aromatic hydroxyl groups is 2. The number of benzene rings is 2. The van der Waals surface area contributed by atoms with Crippen LogP contribution in [0.2, 0.25) is 0 Å². The minimum absolute atomic E-state index is 0.327. The van der Waals surface area contributed by atoms with Crippen molar-refractivity contribution in [2.24, 2.45) is 0 Å². The van der Waals surface area contributed by atoms with Crippen LogP contribution in [0.25, 0.3) is 0 Å². The summed E-state index contributed by atoms with van der Waals surface area (Å²) >= 11 is 2.51. The number of hydrogen-bond acceptors (Lipinski definition) is 4. The van der Waals surface area contributed by atoms with E-state index in [9.17, 15) is 0 Å². The fourth-order valence-corrected chi connectivity index (χ4v) is 1.98. The SMILES string of the molecule is CSc1ccc(O)cc1.CSc1ccc(O)cc1.[Cl][Zr][Cl]. The molecule has 0 spiro atoms. The van der Waals surface area contributed by atoms with Crippen molar-refractivity contribution in [2.45, 2.75) is 9.79 Å². The van der Waals surface area contributed by atoms with Gasteiger partial charge in [0.2, 0.25) is 0 Å². The van der Waals surface area contributed by atoms with Gasteiger partial charge in [-0.2, -0.15) is 0 Å². The van der Waals surface area contributed by atoms with Crippen molar-refractivity contribution >= 4 is 40.5 Å². The summed E-state index contributed by atoms with van der Waals surface area (Å²) in [6.07, 6.45) is 4.01. The van der Waals surface area contributed by atoms with Crippen LogP contribution in [0.1, 0.15) is 0 Å². The zero-order valence-corrected chi connectivity index (χ0v) is 17.2. The molecular weight excluding hydrogens is 426 g/mol. The van der Waals surface area contributed by atoms with Gasteiger partial charge in [0.1, 0.15) is 11.5 Å². The zero-order chi connectivity index (χ0) is 16.1. The van der Waals surface area contributed by atoms with Crippen molar-refractivity contribution in [1.29, 1.82) is 0 Å². The summed E-state index contributed by atoms with van der Waals surface area (Å²) in [6.45, 7) is 0. The molecule has 0 heterocycles. The third kappa shape index (κ3) is 11.4. The van der Waals surface area contributed by atoms with E-state index in [1.807, 2.05) is 36.8 Å². The van der Waals surface area contributed by atoms with Crippen LogP contribution in [0, 0.1) is 0 Å². The van der Waals surface area contributed by atoms with Crippen molar-refractivity contribution < 1.29 is 31.1 Å². The summed E-state index contributed by atoms with van der Waals surface area (Å²) in [7, 11) is 9.87. The molecule has 2 aromatic rings. The first-order chi connectivity index (χ1) is 10.1. The quantitative estimate of drug-likeness (QED) is 0.594. The fraction of sp³-hybridized carbons (Fsp3) is 0.143. The molecule has 0 bridgehead atoms. The van der Waals surface area contributed by atoms with Gasteiger partial charge in [-0.3, -0.25) is 0 Å². The van der Waals surface area contributed by atoms with E-state index in [0.29, 0.717) is 11.5 Å². The van der Waals surface area contributed by atoms with Gasteiger partial charge >= 0.3 is 37.9 Å². The van der Waals surface area contributed by atoms with Gasteiger partial charge in [0.15, 0.2) is 0 Å². The van der Waals surface area contributed by atoms with Gasteiger partial charge in [-0.1, -0.05) is 0 Å². The second kappa shape index (κ2) is 13.8. The minimum atomic E-state index is -0.826. The number of phenolic OH excluding ortho intramolecular Hbond substituents is 2. The van der Waals surface area contributed by atoms with Crippen molar-refractivity contribution in [3.05, 3.63) is 48.5 Å². The van der Waals surface area contributed by atoms with Gasteiger partial charge in [-0.05, 0) is 61.0 Å². The Bertz CT molecular complexity index is 436. The van der Waals surface area contributed by atoms with Crippen molar-refractivity contribution in [3.63, 3.8) is 0 Å². The molecule has 0 fully saturated rings. The summed E-state index contributed by atoms with van der Waals surface area (Å²) in [5.41, 5.74) is 0. The Morgan fingerprint density at radius 1 is 0.714 bits per heavy atom. The van der Waals surface area contributed by atoms with Crippen LogP contribution in [0.5, 0.6) is 11.5 Å². The number of hydrogen-bond donors (Lipinski definition) is 2. The molecule has 114 valence electrons. The molecule has 2 rings (SSSR count). The number of halogens is 2. The van der Waals surface area contributed by atoms with E-state index in [2.05, 4.69) is 0 Å². The molecule has 0 atom stereocenters. The molecule has 21 heavy (non-hydrogen) atoms. The Morgan fingerprint density at radius 3 is 1.14 bits per heavy atom. The zero-order valence-electron chi connectivity index (χ0n) is 11.6. The van der Waals surface area contributed by atoms with E-state index in [1.165, 1.54) is 9.79 Å². The van der Waals surface area contributed by atoms with Crippen molar-refractivity contribution in [3.8, 4) is 11.5 Å². The first-order valence-electron chi connectivity index (χ1n) is 5.69. The number of rotatable bonds is 2. The van der Waals surface area contributed by atoms with E-state index >= 15 is 0 Å². The summed E-state index contributed by atoms with van der Waals surface area (Å²) < 4.78 is 0. The van der Waals surface area contributed by atoms with Gasteiger partial charge < -0.3 is 10.2 Å². The molecule has 0 radical (unpaired) electrons. The Morgan fingerprint density at radius 2 is 0.952 bits per heavy atom. The molecule has 0 unspecified atom stereocenters. The molecule has 2 N–H and O–H groups in total. The standard InChI is InChI=1S/2C7H8OS.2ClH.Zr/c2*1-9-7-4-2-6(8)3-5-7;;;/h2*2-5,8H,1H3;2*1H;/q;;;;+2/p-2. The van der Waals surface area contributed by atoms with E-state index < -0.39 is 20.8 Å². The molecule has 0 aliphatic carbocycles. The summed E-state index contributed by atoms with van der Waals surface area (Å²) in [5.74, 6) is 0.653. The molecule has 2 nitrogen and oxygen atoms in total. The van der Waals surface area contributed by atoms with E-state index in [-0.39, 0.29) is 0 Å². The van der Waals surface area contributed by atoms with E-state index in [4.69, 9.17) is 27.2 Å². The van der Waals surface area contributed by atoms with Gasteiger partial charge in [0.05, 0.1) is 0 Å². The van der Waals surface area contributed by atoms with Crippen LogP contribution in [0.4, 0.5) is 0 Å². The van der Waals surface area contributed by atoms with Crippen LogP contribution in [0.15, 0.2) is 58.3 Å². The molecule has 0 saturated heterocycles. The fourth-order valence-electron chi connectivity index (χ4n) is 1.16. The normalized spacial score (nSPS) is 8.76. The van der Waals surface area contributed by atoms with Gasteiger partial charge in [0.25, 0.3) is 0 Å². The third-order valence-corrected chi connectivity index (χ3v) is 3.63. The van der Waals surface area contributed by atoms with Gasteiger partial charge in [-0.25, -0.2) is 0 Å². The maximum atomic E-state index is 8.84. The predicted octanol–water partition coefficient (Wildman–Crippen LogP) is 5.60. The Labute approximate surface area is 152 Å². The monoisotopic (exact) mass is 440 g/mol. The van der Waals surface area contributed by atoms with E-state index in [1.54, 1.807) is 47.8 Å². The topological polar surface area (TPSA) is 40.5 Å². The van der Waals surface area contributed by atoms with Gasteiger partial charge in [-0.15, -0.1) is 23.5 Å². The summed E-state index contributed by atoms with van der Waals surface area (Å²) in [6, 6.07) is 14.3. The molecule has 0 aromatic heterocycles. The maximum absolute atomic E-state index is 8.84. The van der Waals surface area contributed by atoms with Crippen molar-refractivity contribution in [1.82, 2.24) is 0 Å². The Hall–Kier alpha value is 0.203. The summed E-state index contributed by atoms with van der Waals surface area (Å²) in [4.78, 5) is 2.35. The molecule has 0 aliphatic rings. The summed E-state index contributed by atoms with van der Waals surface area (Å²) in [5, 5.41) is 17.7. The van der Waals surface area contributed by atoms with Crippen LogP contribution < -0.4 is 0 Å². The van der Waals surface area contributed by atoms with Crippen LogP contribution in [-0.2, 0) is 20.8 Å². The van der Waals surface area contributed by atoms with Crippen LogP contribution in [-0.4, -0.2) is 22.7 Å². The van der Waals surface area contributed by atoms with Crippen LogP contribution >= 0.6 is 40.5 Å². The molecule has 0 aliphatic heterocycles. The molecule has 7 heteroatoms. The van der Waals surface area contributed by atoms with E-state index in [0.717, 1.165) is 0 Å². The second-order valence-electron chi connectivity index (χ2n) is 3.47. The average Bonchev–Trinajstić information content (AvgIpc) is 2.50. The average molecular weight is 443 g/mol. The Balaban J connectivity index is 0.000000322. The first-order valence-corrected chi connectivity index (χ1v) is 14.5. The van der Waals surface area contributed by atoms with Gasteiger partial charge in [0, 0.05) is 9.79 Å². The predicted molar refractivity (Wildman–Crippen MR) is 91.5 cm³/mol. The van der Waals surface area contributed by atoms with Crippen molar-refractivity contribution in [2.75, 3.05) is 12.5 Å².